The summed E-state index contributed by atoms with van der Waals surface area (Å²) in [6.07, 6.45) is 3.58. The minimum absolute atomic E-state index is 0.354. The highest BCUT2D eigenvalue weighted by molar-refractivity contribution is 9.10. The molecule has 4 rings (SSSR count). The third-order valence-corrected chi connectivity index (χ3v) is 4.67. The lowest BCUT2D eigenvalue weighted by Gasteiger charge is -2.09. The van der Waals surface area contributed by atoms with Crippen molar-refractivity contribution < 1.29 is 0 Å². The van der Waals surface area contributed by atoms with E-state index >= 15 is 0 Å². The average Bonchev–Trinajstić information content (AvgIpc) is 3.15. The van der Waals surface area contributed by atoms with Crippen molar-refractivity contribution in [3.05, 3.63) is 53.3 Å². The number of hydrogen-bond donors (Lipinski definition) is 2. The molecule has 8 heteroatoms. The second-order valence-electron chi connectivity index (χ2n) is 5.66. The highest BCUT2D eigenvalue weighted by Gasteiger charge is 2.13. The number of rotatable bonds is 4. The second-order valence-corrected chi connectivity index (χ2v) is 6.46. The molecule has 130 valence electrons. The van der Waals surface area contributed by atoms with E-state index in [2.05, 4.69) is 36.3 Å². The van der Waals surface area contributed by atoms with E-state index in [0.717, 1.165) is 28.7 Å². The number of anilines is 2. The van der Waals surface area contributed by atoms with Crippen LogP contribution in [0.25, 0.3) is 28.1 Å². The van der Waals surface area contributed by atoms with Crippen LogP contribution in [0.1, 0.15) is 6.92 Å². The molecule has 0 saturated carbocycles. The number of nitrogens with two attached hydrogens (primary N) is 1. The van der Waals surface area contributed by atoms with Gasteiger partial charge in [0.2, 0.25) is 0 Å². The van der Waals surface area contributed by atoms with E-state index in [1.807, 2.05) is 49.5 Å². The number of hydrogen-bond acceptors (Lipinski definition) is 6. The first-order valence-electron chi connectivity index (χ1n) is 8.14. The Hall–Kier alpha value is -3.00. The molecular weight excluding hydrogens is 394 g/mol. The molecule has 0 spiro atoms. The van der Waals surface area contributed by atoms with Crippen LogP contribution in [-0.4, -0.2) is 31.3 Å². The number of pyridine rings is 1. The summed E-state index contributed by atoms with van der Waals surface area (Å²) >= 11 is 3.40. The molecule has 0 aliphatic heterocycles. The summed E-state index contributed by atoms with van der Waals surface area (Å²) in [4.78, 5) is 13.5. The van der Waals surface area contributed by atoms with Crippen LogP contribution < -0.4 is 11.1 Å². The number of para-hydroxylation sites is 1. The summed E-state index contributed by atoms with van der Waals surface area (Å²) in [6.45, 7) is 2.71. The highest BCUT2D eigenvalue weighted by Crippen LogP contribution is 2.27. The molecule has 1 aromatic carbocycles. The van der Waals surface area contributed by atoms with Crippen LogP contribution in [0.2, 0.25) is 0 Å². The van der Waals surface area contributed by atoms with Gasteiger partial charge in [0.05, 0.1) is 17.4 Å². The molecule has 0 amide bonds. The summed E-state index contributed by atoms with van der Waals surface area (Å²) in [6, 6.07) is 12.0. The largest absolute Gasteiger partial charge is 0.383 e. The maximum atomic E-state index is 5.98. The summed E-state index contributed by atoms with van der Waals surface area (Å²) in [5.74, 6) is 1.39. The minimum Gasteiger partial charge on any atom is -0.383 e. The number of benzene rings is 1. The van der Waals surface area contributed by atoms with Gasteiger partial charge in [-0.2, -0.15) is 15.1 Å². The second kappa shape index (κ2) is 6.72. The van der Waals surface area contributed by atoms with Crippen molar-refractivity contribution in [1.82, 2.24) is 24.7 Å². The Balaban J connectivity index is 1.73. The Bertz CT molecular complexity index is 1090. The number of nitrogens with one attached hydrogen (secondary N) is 1. The van der Waals surface area contributed by atoms with Crippen molar-refractivity contribution in [2.45, 2.75) is 6.92 Å². The fourth-order valence-electron chi connectivity index (χ4n) is 2.63. The molecule has 3 heterocycles. The SMILES string of the molecule is CCNc1nc(-n2cc(-c3ccc4ccccc4n3)cn2)nc(N)c1Br. The topological polar surface area (TPSA) is 94.5 Å². The summed E-state index contributed by atoms with van der Waals surface area (Å²) in [7, 11) is 0. The lowest BCUT2D eigenvalue weighted by atomic mass is 10.1. The third-order valence-electron chi connectivity index (χ3n) is 3.89. The molecule has 0 unspecified atom stereocenters. The molecule has 26 heavy (non-hydrogen) atoms. The number of halogens is 1. The number of nitrogen functional groups attached to an aromatic ring is 1. The fraction of sp³-hybridized carbons (Fsp3) is 0.111. The van der Waals surface area contributed by atoms with E-state index in [1.165, 1.54) is 0 Å². The smallest absolute Gasteiger partial charge is 0.254 e. The molecular formula is C18H16BrN7. The molecule has 0 fully saturated rings. The minimum atomic E-state index is 0.354. The molecule has 0 radical (unpaired) electrons. The van der Waals surface area contributed by atoms with Crippen LogP contribution in [0.4, 0.5) is 11.6 Å². The zero-order valence-electron chi connectivity index (χ0n) is 14.0. The van der Waals surface area contributed by atoms with Crippen molar-refractivity contribution >= 4 is 38.5 Å². The van der Waals surface area contributed by atoms with Gasteiger partial charge in [0.1, 0.15) is 16.1 Å². The summed E-state index contributed by atoms with van der Waals surface area (Å²) < 4.78 is 2.24. The molecule has 3 N–H and O–H groups in total. The van der Waals surface area contributed by atoms with Gasteiger partial charge >= 0.3 is 0 Å². The van der Waals surface area contributed by atoms with Crippen LogP contribution in [0.5, 0.6) is 0 Å². The van der Waals surface area contributed by atoms with Gasteiger partial charge < -0.3 is 11.1 Å². The number of nitrogens with zero attached hydrogens (tertiary/aromatic N) is 5. The maximum absolute atomic E-state index is 5.98. The lowest BCUT2D eigenvalue weighted by Crippen LogP contribution is -2.09. The van der Waals surface area contributed by atoms with E-state index < -0.39 is 0 Å². The van der Waals surface area contributed by atoms with Gasteiger partial charge in [-0.25, -0.2) is 9.67 Å². The first-order valence-corrected chi connectivity index (χ1v) is 8.93. The van der Waals surface area contributed by atoms with Crippen molar-refractivity contribution in [3.63, 3.8) is 0 Å². The van der Waals surface area contributed by atoms with Gasteiger partial charge in [-0.1, -0.05) is 24.3 Å². The van der Waals surface area contributed by atoms with Gasteiger partial charge in [0.15, 0.2) is 0 Å². The predicted octanol–water partition coefficient (Wildman–Crippen LogP) is 3.65. The summed E-state index contributed by atoms with van der Waals surface area (Å²) in [5.41, 5.74) is 8.64. The van der Waals surface area contributed by atoms with E-state index in [1.54, 1.807) is 10.9 Å². The van der Waals surface area contributed by atoms with Crippen molar-refractivity contribution in [1.29, 1.82) is 0 Å². The molecule has 0 aliphatic carbocycles. The van der Waals surface area contributed by atoms with E-state index in [-0.39, 0.29) is 0 Å². The molecule has 3 aromatic heterocycles. The van der Waals surface area contributed by atoms with Crippen LogP contribution in [0.3, 0.4) is 0 Å². The quantitative estimate of drug-likeness (QED) is 0.533. The standard InChI is InChI=1S/C18H16BrN7/c1-2-21-17-15(19)16(20)24-18(25-17)26-10-12(9-22-26)14-8-7-11-5-3-4-6-13(11)23-14/h3-10H,2H2,1H3,(H3,20,21,24,25). The van der Waals surface area contributed by atoms with Gasteiger partial charge in [0, 0.05) is 23.7 Å². The molecule has 0 aliphatic rings. The molecule has 0 saturated heterocycles. The average molecular weight is 410 g/mol. The van der Waals surface area contributed by atoms with Gasteiger partial charge in [0.25, 0.3) is 5.95 Å². The van der Waals surface area contributed by atoms with Gasteiger partial charge in [-0.3, -0.25) is 0 Å². The third kappa shape index (κ3) is 2.99. The van der Waals surface area contributed by atoms with Crippen molar-refractivity contribution in [2.75, 3.05) is 17.6 Å². The first-order chi connectivity index (χ1) is 12.7. The molecule has 7 nitrogen and oxygen atoms in total. The van der Waals surface area contributed by atoms with Crippen molar-refractivity contribution in [3.8, 4) is 17.2 Å². The first kappa shape index (κ1) is 16.5. The Morgan fingerprint density at radius 3 is 2.81 bits per heavy atom. The van der Waals surface area contributed by atoms with Gasteiger partial charge in [-0.05, 0) is 35.0 Å². The number of aromatic nitrogens is 5. The van der Waals surface area contributed by atoms with Gasteiger partial charge in [-0.15, -0.1) is 0 Å². The normalized spacial score (nSPS) is 11.0. The van der Waals surface area contributed by atoms with E-state index in [9.17, 15) is 0 Å². The zero-order chi connectivity index (χ0) is 18.1. The van der Waals surface area contributed by atoms with Crippen molar-refractivity contribution in [2.24, 2.45) is 0 Å². The monoisotopic (exact) mass is 409 g/mol. The Kier molecular flexibility index (Phi) is 4.26. The Labute approximate surface area is 158 Å². The summed E-state index contributed by atoms with van der Waals surface area (Å²) in [5, 5.41) is 8.62. The van der Waals surface area contributed by atoms with Crippen LogP contribution in [-0.2, 0) is 0 Å². The van der Waals surface area contributed by atoms with Crippen LogP contribution in [0.15, 0.2) is 53.3 Å². The molecule has 0 atom stereocenters. The molecule has 4 aromatic rings. The maximum Gasteiger partial charge on any atom is 0.254 e. The highest BCUT2D eigenvalue weighted by atomic mass is 79.9. The zero-order valence-corrected chi connectivity index (χ0v) is 15.6. The van der Waals surface area contributed by atoms with Crippen LogP contribution >= 0.6 is 15.9 Å². The Morgan fingerprint density at radius 1 is 1.12 bits per heavy atom. The lowest BCUT2D eigenvalue weighted by molar-refractivity contribution is 0.809. The molecule has 0 bridgehead atoms. The predicted molar refractivity (Wildman–Crippen MR) is 106 cm³/mol. The number of fused-ring (bicyclic) bond motifs is 1. The van der Waals surface area contributed by atoms with E-state index in [0.29, 0.717) is 22.1 Å². The fourth-order valence-corrected chi connectivity index (χ4v) is 2.95. The Morgan fingerprint density at radius 2 is 1.96 bits per heavy atom. The van der Waals surface area contributed by atoms with E-state index in [4.69, 9.17) is 10.7 Å². The van der Waals surface area contributed by atoms with Crippen LogP contribution in [0, 0.1) is 0 Å².